The molecule has 1 aliphatic carbocycles. The monoisotopic (exact) mass is 391 g/mol. The van der Waals surface area contributed by atoms with E-state index in [-0.39, 0.29) is 18.0 Å². The second-order valence-electron chi connectivity index (χ2n) is 7.45. The van der Waals surface area contributed by atoms with E-state index >= 15 is 0 Å². The number of nitrogens with zero attached hydrogens (tertiary/aromatic N) is 7. The molecule has 9 heteroatoms. The second kappa shape index (κ2) is 7.23. The molecule has 0 atom stereocenters. The standard InChI is InChI=1S/C20H21N7O2/c28-18(12-27-13-22-19-15(20(27)29)4-2-6-21-19)26-9-7-25(8-10-26)17-11-14-3-1-5-16(14)23-24-17/h2,4,6,11,13H,1,3,5,7-10,12H2. The van der Waals surface area contributed by atoms with E-state index in [1.165, 1.54) is 16.5 Å². The van der Waals surface area contributed by atoms with Crippen LogP contribution >= 0.6 is 0 Å². The van der Waals surface area contributed by atoms with Crippen molar-refractivity contribution in [3.05, 3.63) is 52.3 Å². The predicted octanol–water partition coefficient (Wildman–Crippen LogP) is 0.419. The minimum absolute atomic E-state index is 0.0185. The summed E-state index contributed by atoms with van der Waals surface area (Å²) in [5.41, 5.74) is 2.56. The maximum atomic E-state index is 12.7. The van der Waals surface area contributed by atoms with Gasteiger partial charge in [0.05, 0.1) is 11.1 Å². The lowest BCUT2D eigenvalue weighted by atomic mass is 10.2. The number of aromatic nitrogens is 5. The highest BCUT2D eigenvalue weighted by Gasteiger charge is 2.24. The van der Waals surface area contributed by atoms with Crippen LogP contribution in [0.2, 0.25) is 0 Å². The Labute approximate surface area is 167 Å². The molecule has 3 aromatic rings. The minimum Gasteiger partial charge on any atom is -0.352 e. The van der Waals surface area contributed by atoms with Crippen molar-refractivity contribution in [1.82, 2.24) is 29.6 Å². The Hall–Kier alpha value is -3.36. The highest BCUT2D eigenvalue weighted by molar-refractivity contribution is 5.77. The molecule has 3 aromatic heterocycles. The summed E-state index contributed by atoms with van der Waals surface area (Å²) in [5.74, 6) is 0.803. The number of piperazine rings is 1. The predicted molar refractivity (Wildman–Crippen MR) is 107 cm³/mol. The average Bonchev–Trinajstić information content (AvgIpc) is 3.24. The summed E-state index contributed by atoms with van der Waals surface area (Å²) in [7, 11) is 0. The Kier molecular flexibility index (Phi) is 4.42. The molecular weight excluding hydrogens is 370 g/mol. The molecule has 0 aromatic carbocycles. The summed E-state index contributed by atoms with van der Waals surface area (Å²) in [4.78, 5) is 37.5. The third-order valence-electron chi connectivity index (χ3n) is 5.67. The molecule has 0 saturated carbocycles. The zero-order valence-corrected chi connectivity index (χ0v) is 16.0. The summed E-state index contributed by atoms with van der Waals surface area (Å²) in [6, 6.07) is 5.51. The van der Waals surface area contributed by atoms with Crippen molar-refractivity contribution >= 4 is 22.8 Å². The molecule has 9 nitrogen and oxygen atoms in total. The third kappa shape index (κ3) is 3.32. The van der Waals surface area contributed by atoms with Crippen molar-refractivity contribution in [2.24, 2.45) is 0 Å². The van der Waals surface area contributed by atoms with Gasteiger partial charge in [0.15, 0.2) is 11.5 Å². The Morgan fingerprint density at radius 1 is 1.07 bits per heavy atom. The van der Waals surface area contributed by atoms with Gasteiger partial charge < -0.3 is 9.80 Å². The number of carbonyl (C=O) groups excluding carboxylic acids is 1. The highest BCUT2D eigenvalue weighted by Crippen LogP contribution is 2.23. The molecule has 5 rings (SSSR count). The van der Waals surface area contributed by atoms with Gasteiger partial charge in [-0.1, -0.05) is 0 Å². The van der Waals surface area contributed by atoms with Crippen molar-refractivity contribution in [2.75, 3.05) is 31.1 Å². The van der Waals surface area contributed by atoms with E-state index in [4.69, 9.17) is 0 Å². The van der Waals surface area contributed by atoms with E-state index in [9.17, 15) is 9.59 Å². The van der Waals surface area contributed by atoms with Gasteiger partial charge in [0.1, 0.15) is 12.9 Å². The molecule has 1 saturated heterocycles. The van der Waals surface area contributed by atoms with Crippen LogP contribution in [0.5, 0.6) is 0 Å². The van der Waals surface area contributed by atoms with Gasteiger partial charge >= 0.3 is 0 Å². The first kappa shape index (κ1) is 17.7. The number of fused-ring (bicyclic) bond motifs is 2. The molecule has 4 heterocycles. The van der Waals surface area contributed by atoms with Crippen molar-refractivity contribution in [3.8, 4) is 0 Å². The Bertz CT molecular complexity index is 1140. The number of anilines is 1. The van der Waals surface area contributed by atoms with Crippen molar-refractivity contribution in [1.29, 1.82) is 0 Å². The van der Waals surface area contributed by atoms with E-state index < -0.39 is 0 Å². The lowest BCUT2D eigenvalue weighted by Crippen LogP contribution is -2.50. The molecule has 0 spiro atoms. The SMILES string of the molecule is O=C(Cn1cnc2ncccc2c1=O)N1CCN(c2cc3c(nn2)CCC3)CC1. The molecule has 29 heavy (non-hydrogen) atoms. The van der Waals surface area contributed by atoms with Crippen LogP contribution in [0.4, 0.5) is 5.82 Å². The molecule has 1 amide bonds. The van der Waals surface area contributed by atoms with E-state index in [1.807, 2.05) is 0 Å². The lowest BCUT2D eigenvalue weighted by Gasteiger charge is -2.35. The van der Waals surface area contributed by atoms with Crippen molar-refractivity contribution in [2.45, 2.75) is 25.8 Å². The van der Waals surface area contributed by atoms with Crippen LogP contribution in [0.3, 0.4) is 0 Å². The molecule has 148 valence electrons. The zero-order valence-electron chi connectivity index (χ0n) is 16.0. The molecule has 0 radical (unpaired) electrons. The number of rotatable bonds is 3. The van der Waals surface area contributed by atoms with Crippen LogP contribution in [-0.2, 0) is 24.2 Å². The fraction of sp³-hybridized carbons (Fsp3) is 0.400. The normalized spacial score (nSPS) is 16.3. The number of carbonyl (C=O) groups is 1. The zero-order chi connectivity index (χ0) is 19.8. The summed E-state index contributed by atoms with van der Waals surface area (Å²) < 4.78 is 1.35. The van der Waals surface area contributed by atoms with Crippen LogP contribution in [0, 0.1) is 0 Å². The number of hydrogen-bond acceptors (Lipinski definition) is 7. The molecular formula is C20H21N7O2. The van der Waals surface area contributed by atoms with Crippen LogP contribution < -0.4 is 10.5 Å². The maximum absolute atomic E-state index is 12.7. The van der Waals surface area contributed by atoms with Crippen molar-refractivity contribution < 1.29 is 4.79 Å². The van der Waals surface area contributed by atoms with Gasteiger partial charge in [0.2, 0.25) is 5.91 Å². The average molecular weight is 391 g/mol. The highest BCUT2D eigenvalue weighted by atomic mass is 16.2. The molecule has 0 bridgehead atoms. The van der Waals surface area contributed by atoms with Crippen LogP contribution in [0.1, 0.15) is 17.7 Å². The summed E-state index contributed by atoms with van der Waals surface area (Å²) >= 11 is 0. The fourth-order valence-electron chi connectivity index (χ4n) is 4.01. The van der Waals surface area contributed by atoms with Crippen LogP contribution in [0.25, 0.3) is 11.0 Å². The lowest BCUT2D eigenvalue weighted by molar-refractivity contribution is -0.132. The van der Waals surface area contributed by atoms with E-state index in [0.717, 1.165) is 30.8 Å². The number of hydrogen-bond donors (Lipinski definition) is 0. The molecule has 1 fully saturated rings. The smallest absolute Gasteiger partial charge is 0.263 e. The van der Waals surface area contributed by atoms with Gasteiger partial charge in [-0.2, -0.15) is 5.10 Å². The molecule has 2 aliphatic rings. The first-order valence-corrected chi connectivity index (χ1v) is 9.87. The second-order valence-corrected chi connectivity index (χ2v) is 7.45. The number of amides is 1. The fourth-order valence-corrected chi connectivity index (χ4v) is 4.01. The first-order valence-electron chi connectivity index (χ1n) is 9.87. The van der Waals surface area contributed by atoms with Crippen LogP contribution in [-0.4, -0.2) is 61.7 Å². The molecule has 0 N–H and O–H groups in total. The third-order valence-corrected chi connectivity index (χ3v) is 5.67. The van der Waals surface area contributed by atoms with Crippen LogP contribution in [0.15, 0.2) is 35.5 Å². The maximum Gasteiger partial charge on any atom is 0.263 e. The number of pyridine rings is 1. The van der Waals surface area contributed by atoms with Crippen molar-refractivity contribution in [3.63, 3.8) is 0 Å². The minimum atomic E-state index is -0.247. The molecule has 1 aliphatic heterocycles. The Balaban J connectivity index is 1.25. The summed E-state index contributed by atoms with van der Waals surface area (Å²) in [6.45, 7) is 2.57. The first-order chi connectivity index (χ1) is 14.2. The molecule has 0 unspecified atom stereocenters. The summed E-state index contributed by atoms with van der Waals surface area (Å²) in [5, 5.41) is 9.14. The Morgan fingerprint density at radius 3 is 2.79 bits per heavy atom. The topological polar surface area (TPSA) is 97.1 Å². The van der Waals surface area contributed by atoms with Gasteiger partial charge in [-0.15, -0.1) is 5.10 Å². The van der Waals surface area contributed by atoms with E-state index in [1.54, 1.807) is 23.2 Å². The van der Waals surface area contributed by atoms with Gasteiger partial charge in [-0.3, -0.25) is 14.2 Å². The quantitative estimate of drug-likeness (QED) is 0.638. The number of aryl methyl sites for hydroxylation is 2. The largest absolute Gasteiger partial charge is 0.352 e. The van der Waals surface area contributed by atoms with Gasteiger partial charge in [0.25, 0.3) is 5.56 Å². The van der Waals surface area contributed by atoms with E-state index in [0.29, 0.717) is 37.2 Å². The van der Waals surface area contributed by atoms with Gasteiger partial charge in [-0.05, 0) is 43.0 Å². The van der Waals surface area contributed by atoms with Gasteiger partial charge in [0, 0.05) is 32.4 Å². The Morgan fingerprint density at radius 2 is 1.93 bits per heavy atom. The van der Waals surface area contributed by atoms with Gasteiger partial charge in [-0.25, -0.2) is 9.97 Å². The van der Waals surface area contributed by atoms with E-state index in [2.05, 4.69) is 31.1 Å². The summed E-state index contributed by atoms with van der Waals surface area (Å²) in [6.07, 6.45) is 6.22.